The molecule has 1 aliphatic carbocycles. The number of imidazole rings is 1. The maximum atomic E-state index is 16.1. The van der Waals surface area contributed by atoms with E-state index in [1.165, 1.54) is 30.7 Å². The molecule has 6 rings (SSSR count). The Morgan fingerprint density at radius 3 is 2.72 bits per heavy atom. The minimum Gasteiger partial charge on any atom is -0.490 e. The SMILES string of the molecule is COC(=O)N(C)[C@@H]1[C@H](N)CN(c2ccncc2Nc2ncc3ccc(C4C(F)=CC(OC5CCOCC5)=CC4(C)F)nn23)C[C@@H]1C. The van der Waals surface area contributed by atoms with Gasteiger partial charge in [0.2, 0.25) is 5.95 Å². The third-order valence-corrected chi connectivity index (χ3v) is 8.97. The number of likely N-dealkylation sites (N-methyl/N-ethyl adjacent to an activating group) is 1. The molecule has 0 radical (unpaired) electrons. The lowest BCUT2D eigenvalue weighted by Gasteiger charge is -2.45. The molecular weight excluding hydrogens is 598 g/mol. The van der Waals surface area contributed by atoms with E-state index >= 15 is 8.78 Å². The summed E-state index contributed by atoms with van der Waals surface area (Å²) in [6.07, 6.45) is 8.34. The first-order valence-corrected chi connectivity index (χ1v) is 15.5. The molecular formula is C32H40F2N8O4. The molecule has 2 fully saturated rings. The molecule has 0 bridgehead atoms. The molecule has 14 heteroatoms. The van der Waals surface area contributed by atoms with Crippen LogP contribution in [0.15, 0.2) is 60.5 Å². The Balaban J connectivity index is 1.23. The Kier molecular flexibility index (Phi) is 8.84. The number of nitrogens with one attached hydrogen (secondary N) is 1. The highest BCUT2D eigenvalue weighted by molar-refractivity contribution is 5.74. The van der Waals surface area contributed by atoms with Crippen molar-refractivity contribution in [3.05, 3.63) is 66.2 Å². The van der Waals surface area contributed by atoms with Crippen LogP contribution in [0.2, 0.25) is 0 Å². The lowest BCUT2D eigenvalue weighted by Crippen LogP contribution is -2.62. The van der Waals surface area contributed by atoms with Crippen LogP contribution in [0.5, 0.6) is 0 Å². The van der Waals surface area contributed by atoms with E-state index in [2.05, 4.69) is 25.3 Å². The number of anilines is 3. The summed E-state index contributed by atoms with van der Waals surface area (Å²) in [7, 11) is 3.05. The summed E-state index contributed by atoms with van der Waals surface area (Å²) in [5.41, 5.74) is 6.83. The molecule has 12 nitrogen and oxygen atoms in total. The van der Waals surface area contributed by atoms with Gasteiger partial charge in [0.05, 0.1) is 67.3 Å². The van der Waals surface area contributed by atoms with Gasteiger partial charge in [0.1, 0.15) is 23.4 Å². The quantitative estimate of drug-likeness (QED) is 0.382. The number of aromatic nitrogens is 4. The van der Waals surface area contributed by atoms with Gasteiger partial charge in [-0.15, -0.1) is 0 Å². The zero-order valence-corrected chi connectivity index (χ0v) is 26.4. The van der Waals surface area contributed by atoms with Crippen molar-refractivity contribution in [2.45, 2.75) is 56.5 Å². The van der Waals surface area contributed by atoms with Crippen molar-refractivity contribution in [3.8, 4) is 0 Å². The van der Waals surface area contributed by atoms with Gasteiger partial charge in [0.25, 0.3) is 0 Å². The van der Waals surface area contributed by atoms with E-state index in [-0.39, 0.29) is 35.6 Å². The first-order chi connectivity index (χ1) is 22.1. The number of nitrogens with two attached hydrogens (primary N) is 1. The summed E-state index contributed by atoms with van der Waals surface area (Å²) < 4.78 is 49.4. The van der Waals surface area contributed by atoms with Crippen LogP contribution in [0, 0.1) is 5.92 Å². The van der Waals surface area contributed by atoms with Crippen molar-refractivity contribution >= 4 is 28.9 Å². The minimum absolute atomic E-state index is 0.0375. The molecule has 2 saturated heterocycles. The number of rotatable bonds is 7. The number of pyridine rings is 1. The van der Waals surface area contributed by atoms with Crippen LogP contribution < -0.4 is 16.0 Å². The number of allylic oxidation sites excluding steroid dienone is 3. The number of fused-ring (bicyclic) bond motifs is 1. The van der Waals surface area contributed by atoms with Gasteiger partial charge in [-0.1, -0.05) is 6.92 Å². The predicted molar refractivity (Wildman–Crippen MR) is 168 cm³/mol. The molecule has 0 saturated carbocycles. The number of alkyl halides is 1. The molecule has 246 valence electrons. The molecule has 46 heavy (non-hydrogen) atoms. The number of hydrogen-bond acceptors (Lipinski definition) is 10. The Morgan fingerprint density at radius 2 is 2.00 bits per heavy atom. The summed E-state index contributed by atoms with van der Waals surface area (Å²) in [5, 5.41) is 7.96. The minimum atomic E-state index is -2.09. The molecule has 5 heterocycles. The van der Waals surface area contributed by atoms with Crippen LogP contribution in [0.1, 0.15) is 38.3 Å². The Bertz CT molecular complexity index is 1630. The van der Waals surface area contributed by atoms with E-state index in [9.17, 15) is 4.79 Å². The summed E-state index contributed by atoms with van der Waals surface area (Å²) in [6, 6.07) is 4.69. The number of amides is 1. The fourth-order valence-electron chi connectivity index (χ4n) is 6.84. The van der Waals surface area contributed by atoms with E-state index in [1.807, 2.05) is 13.0 Å². The van der Waals surface area contributed by atoms with Crippen LogP contribution in [-0.2, 0) is 14.2 Å². The number of carbonyl (C=O) groups excluding carboxylic acids is 1. The molecule has 2 unspecified atom stereocenters. The summed E-state index contributed by atoms with van der Waals surface area (Å²) >= 11 is 0. The predicted octanol–water partition coefficient (Wildman–Crippen LogP) is 4.48. The van der Waals surface area contributed by atoms with E-state index in [0.717, 1.165) is 5.69 Å². The Morgan fingerprint density at radius 1 is 1.22 bits per heavy atom. The van der Waals surface area contributed by atoms with Crippen molar-refractivity contribution in [2.24, 2.45) is 11.7 Å². The fourth-order valence-corrected chi connectivity index (χ4v) is 6.84. The van der Waals surface area contributed by atoms with Gasteiger partial charge in [-0.05, 0) is 37.1 Å². The zero-order chi connectivity index (χ0) is 32.6. The van der Waals surface area contributed by atoms with E-state index in [4.69, 9.17) is 19.9 Å². The first kappa shape index (κ1) is 31.7. The maximum Gasteiger partial charge on any atom is 0.409 e. The van der Waals surface area contributed by atoms with Gasteiger partial charge in [0.15, 0.2) is 0 Å². The molecule has 3 aliphatic rings. The number of ether oxygens (including phenoxy) is 3. The normalized spacial score (nSPS) is 27.2. The molecule has 2 aliphatic heterocycles. The van der Waals surface area contributed by atoms with Gasteiger partial charge in [-0.2, -0.15) is 9.61 Å². The second kappa shape index (κ2) is 12.8. The van der Waals surface area contributed by atoms with E-state index in [1.54, 1.807) is 42.7 Å². The maximum absolute atomic E-state index is 16.1. The monoisotopic (exact) mass is 638 g/mol. The van der Waals surface area contributed by atoms with Crippen LogP contribution in [0.3, 0.4) is 0 Å². The van der Waals surface area contributed by atoms with Gasteiger partial charge in [-0.25, -0.2) is 18.6 Å². The number of hydrogen-bond donors (Lipinski definition) is 2. The van der Waals surface area contributed by atoms with Gasteiger partial charge in [0, 0.05) is 51.3 Å². The molecule has 3 aromatic heterocycles. The van der Waals surface area contributed by atoms with Crippen LogP contribution in [-0.4, -0.2) is 94.9 Å². The highest BCUT2D eigenvalue weighted by Gasteiger charge is 2.42. The Hall–Kier alpha value is -4.30. The van der Waals surface area contributed by atoms with Crippen LogP contribution >= 0.6 is 0 Å². The fraction of sp³-hybridized carbons (Fsp3) is 0.500. The standard InChI is InChI=1S/C32H40F2N8O4/c1-19-17-41(18-24(35)29(19)40(3)31(43)44-4)27-7-10-36-16-26(27)38-30-37-15-20-5-6-25(39-42(20)30)28-23(33)13-22(14-32(28,2)34)46-21-8-11-45-12-9-21/h5-7,10,13-16,19,21,24,28-29H,8-9,11-12,17-18,35H2,1-4H3,(H,37,38)/t19-,24+,28?,29-,32?/m0/s1. The number of carbonyl (C=O) groups is 1. The van der Waals surface area contributed by atoms with Gasteiger partial charge >= 0.3 is 6.09 Å². The third-order valence-electron chi connectivity index (χ3n) is 8.97. The van der Waals surface area contributed by atoms with Crippen LogP contribution in [0.4, 0.5) is 30.9 Å². The van der Waals surface area contributed by atoms with E-state index in [0.29, 0.717) is 56.3 Å². The average Bonchev–Trinajstić information content (AvgIpc) is 3.42. The summed E-state index contributed by atoms with van der Waals surface area (Å²) in [6.45, 7) is 5.60. The highest BCUT2D eigenvalue weighted by atomic mass is 19.1. The van der Waals surface area contributed by atoms with Crippen LogP contribution in [0.25, 0.3) is 5.52 Å². The summed E-state index contributed by atoms with van der Waals surface area (Å²) in [5.74, 6) is -1.37. The number of halogens is 2. The van der Waals surface area contributed by atoms with Crippen molar-refractivity contribution in [1.29, 1.82) is 0 Å². The topological polar surface area (TPSA) is 132 Å². The Labute approximate surface area is 266 Å². The van der Waals surface area contributed by atoms with Crippen molar-refractivity contribution in [1.82, 2.24) is 24.5 Å². The second-order valence-corrected chi connectivity index (χ2v) is 12.4. The summed E-state index contributed by atoms with van der Waals surface area (Å²) in [4.78, 5) is 24.7. The molecule has 3 aromatic rings. The van der Waals surface area contributed by atoms with Crippen molar-refractivity contribution in [2.75, 3.05) is 50.7 Å². The number of piperidine rings is 1. The van der Waals surface area contributed by atoms with Gasteiger partial charge in [-0.3, -0.25) is 4.98 Å². The molecule has 0 aromatic carbocycles. The average molecular weight is 639 g/mol. The highest BCUT2D eigenvalue weighted by Crippen LogP contribution is 2.43. The molecule has 1 amide bonds. The largest absolute Gasteiger partial charge is 0.490 e. The van der Waals surface area contributed by atoms with Crippen molar-refractivity contribution < 1.29 is 27.8 Å². The molecule has 5 atom stereocenters. The third kappa shape index (κ3) is 6.23. The second-order valence-electron chi connectivity index (χ2n) is 12.4. The zero-order valence-electron chi connectivity index (χ0n) is 26.4. The smallest absolute Gasteiger partial charge is 0.409 e. The van der Waals surface area contributed by atoms with E-state index < -0.39 is 23.5 Å². The number of methoxy groups -OCH3 is 1. The lowest BCUT2D eigenvalue weighted by molar-refractivity contribution is -0.00301. The van der Waals surface area contributed by atoms with Gasteiger partial charge < -0.3 is 35.1 Å². The molecule has 0 spiro atoms. The lowest BCUT2D eigenvalue weighted by atomic mass is 9.83. The number of nitrogens with zero attached hydrogens (tertiary/aromatic N) is 6. The van der Waals surface area contributed by atoms with Crippen molar-refractivity contribution in [3.63, 3.8) is 0 Å². The molecule has 3 N–H and O–H groups in total. The first-order valence-electron chi connectivity index (χ1n) is 15.5.